The van der Waals surface area contributed by atoms with Crippen LogP contribution in [0.15, 0.2) is 29.3 Å². The minimum Gasteiger partial charge on any atom is -0.485 e. The number of hydrogen-bond donors (Lipinski definition) is 3. The van der Waals surface area contributed by atoms with E-state index in [1.807, 2.05) is 28.8 Å². The summed E-state index contributed by atoms with van der Waals surface area (Å²) in [5, 5.41) is 6.04. The van der Waals surface area contributed by atoms with Crippen molar-refractivity contribution in [3.8, 4) is 17.6 Å². The van der Waals surface area contributed by atoms with E-state index in [0.29, 0.717) is 37.2 Å². The molecule has 0 bridgehead atoms. The number of nitrogens with zero attached hydrogens (tertiary/aromatic N) is 4. The Labute approximate surface area is 188 Å². The number of rotatable bonds is 6. The van der Waals surface area contributed by atoms with Crippen LogP contribution in [0.5, 0.6) is 5.75 Å². The summed E-state index contributed by atoms with van der Waals surface area (Å²) in [5.74, 6) is 7.72. The summed E-state index contributed by atoms with van der Waals surface area (Å²) in [6, 6.07) is 7.69. The molecule has 4 N–H and O–H groups in total. The van der Waals surface area contributed by atoms with Crippen LogP contribution in [0.1, 0.15) is 30.3 Å². The molecular formula is C23H29N7O2. The highest BCUT2D eigenvalue weighted by molar-refractivity contribution is 6.01. The molecule has 1 aromatic heterocycles. The zero-order chi connectivity index (χ0) is 22.5. The summed E-state index contributed by atoms with van der Waals surface area (Å²) in [4.78, 5) is 24.7. The summed E-state index contributed by atoms with van der Waals surface area (Å²) in [6.45, 7) is 4.33. The number of hydrogen-bond acceptors (Lipinski definition) is 7. The number of fused-ring (bicyclic) bond motifs is 1. The molecule has 168 valence electrons. The third kappa shape index (κ3) is 4.55. The van der Waals surface area contributed by atoms with Gasteiger partial charge in [-0.05, 0) is 31.9 Å². The zero-order valence-corrected chi connectivity index (χ0v) is 18.5. The van der Waals surface area contributed by atoms with Gasteiger partial charge in [0.1, 0.15) is 18.0 Å². The van der Waals surface area contributed by atoms with E-state index in [2.05, 4.69) is 32.4 Å². The molecule has 0 saturated carbocycles. The van der Waals surface area contributed by atoms with Crippen LogP contribution in [0.4, 0.5) is 17.5 Å². The van der Waals surface area contributed by atoms with E-state index < -0.39 is 0 Å². The quantitative estimate of drug-likeness (QED) is 0.597. The zero-order valence-electron chi connectivity index (χ0n) is 18.5. The molecule has 0 spiro atoms. The van der Waals surface area contributed by atoms with Crippen LogP contribution >= 0.6 is 0 Å². The number of carbonyl (C=O) groups is 1. The molecule has 2 aliphatic heterocycles. The van der Waals surface area contributed by atoms with Crippen molar-refractivity contribution in [1.29, 1.82) is 0 Å². The van der Waals surface area contributed by atoms with Gasteiger partial charge in [-0.25, -0.2) is 4.99 Å². The lowest BCUT2D eigenvalue weighted by atomic mass is 10.1. The van der Waals surface area contributed by atoms with Gasteiger partial charge in [0, 0.05) is 26.2 Å². The monoisotopic (exact) mass is 435 g/mol. The Balaban J connectivity index is 1.58. The summed E-state index contributed by atoms with van der Waals surface area (Å²) in [7, 11) is 1.76. The first kappa shape index (κ1) is 21.7. The molecule has 4 rings (SSSR count). The van der Waals surface area contributed by atoms with Crippen molar-refractivity contribution in [2.45, 2.75) is 32.4 Å². The molecule has 1 amide bonds. The Morgan fingerprint density at radius 3 is 3.00 bits per heavy atom. The molecule has 2 aromatic rings. The van der Waals surface area contributed by atoms with Crippen molar-refractivity contribution >= 4 is 29.1 Å². The highest BCUT2D eigenvalue weighted by Crippen LogP contribution is 2.30. The molecule has 9 nitrogen and oxygen atoms in total. The molecular weight excluding hydrogens is 406 g/mol. The number of nitrogens with one attached hydrogen (secondary N) is 2. The number of aliphatic imine (C=N–C) groups is 1. The average Bonchev–Trinajstić information content (AvgIpc) is 3.19. The molecule has 1 atom stereocenters. The van der Waals surface area contributed by atoms with E-state index in [-0.39, 0.29) is 18.5 Å². The maximum Gasteiger partial charge on any atom is 0.272 e. The number of piperidine rings is 1. The molecule has 0 aliphatic carbocycles. The second-order valence-corrected chi connectivity index (χ2v) is 7.84. The van der Waals surface area contributed by atoms with Crippen LogP contribution in [0, 0.1) is 11.8 Å². The number of para-hydroxylation sites is 2. The Bertz CT molecular complexity index is 1080. The molecule has 1 fully saturated rings. The first-order valence-corrected chi connectivity index (χ1v) is 10.9. The smallest absolute Gasteiger partial charge is 0.272 e. The highest BCUT2D eigenvalue weighted by atomic mass is 16.5. The molecule has 1 aromatic carbocycles. The fourth-order valence-electron chi connectivity index (χ4n) is 3.98. The summed E-state index contributed by atoms with van der Waals surface area (Å²) >= 11 is 0. The second-order valence-electron chi connectivity index (χ2n) is 7.84. The van der Waals surface area contributed by atoms with Crippen LogP contribution in [-0.2, 0) is 6.54 Å². The lowest BCUT2D eigenvalue weighted by Crippen LogP contribution is -2.44. The molecule has 1 saturated heterocycles. The Hall–Kier alpha value is -3.51. The maximum absolute atomic E-state index is 13.3. The van der Waals surface area contributed by atoms with Crippen molar-refractivity contribution in [3.05, 3.63) is 30.0 Å². The number of carbonyl (C=O) groups excluding carboxylic acids is 1. The van der Waals surface area contributed by atoms with Gasteiger partial charge in [-0.15, -0.1) is 5.92 Å². The summed E-state index contributed by atoms with van der Waals surface area (Å²) in [6.07, 6.45) is 1.98. The van der Waals surface area contributed by atoms with Crippen LogP contribution in [-0.4, -0.2) is 60.5 Å². The molecule has 32 heavy (non-hydrogen) atoms. The van der Waals surface area contributed by atoms with Gasteiger partial charge in [0.2, 0.25) is 5.95 Å². The molecule has 0 radical (unpaired) electrons. The third-order valence-corrected chi connectivity index (χ3v) is 5.55. The van der Waals surface area contributed by atoms with E-state index in [0.717, 1.165) is 36.5 Å². The molecule has 3 heterocycles. The third-order valence-electron chi connectivity index (χ3n) is 5.55. The van der Waals surface area contributed by atoms with Crippen molar-refractivity contribution in [3.63, 3.8) is 0 Å². The average molecular weight is 436 g/mol. The van der Waals surface area contributed by atoms with Gasteiger partial charge in [0.25, 0.3) is 5.91 Å². The first-order valence-electron chi connectivity index (χ1n) is 10.9. The van der Waals surface area contributed by atoms with Crippen LogP contribution in [0.25, 0.3) is 0 Å². The lowest BCUT2D eigenvalue weighted by Gasteiger charge is -2.31. The SMILES string of the molecule is CC#CCn1c(N2CCCC(N)C2)nc(NC)c1C(=O)NCC1=Nc2ccccc2OC1. The van der Waals surface area contributed by atoms with Gasteiger partial charge in [-0.1, -0.05) is 18.1 Å². The molecule has 1 unspecified atom stereocenters. The number of ether oxygens (including phenoxy) is 1. The van der Waals surface area contributed by atoms with Crippen molar-refractivity contribution in [1.82, 2.24) is 14.9 Å². The normalized spacial score (nSPS) is 17.4. The first-order chi connectivity index (χ1) is 15.6. The minimum absolute atomic E-state index is 0.0914. The fourth-order valence-corrected chi connectivity index (χ4v) is 3.98. The number of amides is 1. The van der Waals surface area contributed by atoms with E-state index in [1.165, 1.54) is 0 Å². The van der Waals surface area contributed by atoms with E-state index in [9.17, 15) is 4.79 Å². The largest absolute Gasteiger partial charge is 0.485 e. The topological polar surface area (TPSA) is 110 Å². The van der Waals surface area contributed by atoms with Crippen LogP contribution < -0.4 is 26.0 Å². The predicted octanol–water partition coefficient (Wildman–Crippen LogP) is 1.77. The minimum atomic E-state index is -0.242. The fraction of sp³-hybridized carbons (Fsp3) is 0.435. The number of imidazole rings is 1. The Morgan fingerprint density at radius 2 is 2.22 bits per heavy atom. The number of aromatic nitrogens is 2. The van der Waals surface area contributed by atoms with Crippen molar-refractivity contribution in [2.75, 3.05) is 43.5 Å². The van der Waals surface area contributed by atoms with Gasteiger partial charge >= 0.3 is 0 Å². The van der Waals surface area contributed by atoms with Gasteiger partial charge in [0.15, 0.2) is 11.5 Å². The predicted molar refractivity (Wildman–Crippen MR) is 126 cm³/mol. The Morgan fingerprint density at radius 1 is 1.38 bits per heavy atom. The summed E-state index contributed by atoms with van der Waals surface area (Å²) in [5.41, 5.74) is 8.16. The maximum atomic E-state index is 13.3. The van der Waals surface area contributed by atoms with Crippen molar-refractivity contribution in [2.24, 2.45) is 10.7 Å². The van der Waals surface area contributed by atoms with E-state index >= 15 is 0 Å². The Kier molecular flexibility index (Phi) is 6.61. The van der Waals surface area contributed by atoms with Gasteiger partial charge in [-0.3, -0.25) is 9.36 Å². The van der Waals surface area contributed by atoms with Crippen molar-refractivity contribution < 1.29 is 9.53 Å². The standard InChI is InChI=1S/C23H29N7O2/c1-3-4-12-30-20(21(25-2)28-23(30)29-11-7-8-16(24)14-29)22(31)26-13-17-15-32-19-10-6-5-9-18(19)27-17/h5-6,9-10,16,25H,7-8,11-15,24H2,1-2H3,(H,26,31). The van der Waals surface area contributed by atoms with Gasteiger partial charge in [0.05, 0.1) is 18.8 Å². The van der Waals surface area contributed by atoms with Crippen LogP contribution in [0.2, 0.25) is 0 Å². The molecule has 9 heteroatoms. The number of benzene rings is 1. The second kappa shape index (κ2) is 9.75. The van der Waals surface area contributed by atoms with E-state index in [1.54, 1.807) is 14.0 Å². The van der Waals surface area contributed by atoms with Crippen LogP contribution in [0.3, 0.4) is 0 Å². The number of anilines is 2. The molecule has 2 aliphatic rings. The highest BCUT2D eigenvalue weighted by Gasteiger charge is 2.28. The lowest BCUT2D eigenvalue weighted by molar-refractivity contribution is 0.0951. The summed E-state index contributed by atoms with van der Waals surface area (Å²) < 4.78 is 7.61. The number of nitrogens with two attached hydrogens (primary N) is 1. The van der Waals surface area contributed by atoms with Gasteiger partial charge in [-0.2, -0.15) is 4.98 Å². The van der Waals surface area contributed by atoms with E-state index in [4.69, 9.17) is 15.5 Å². The van der Waals surface area contributed by atoms with Gasteiger partial charge < -0.3 is 26.0 Å².